The van der Waals surface area contributed by atoms with E-state index in [0.717, 1.165) is 17.5 Å². The highest BCUT2D eigenvalue weighted by Crippen LogP contribution is 2.21. The number of nitrogens with one attached hydrogen (secondary N) is 1. The average Bonchev–Trinajstić information content (AvgIpc) is 2.94. The topological polar surface area (TPSA) is 67.9 Å². The third-order valence-corrected chi connectivity index (χ3v) is 6.67. The van der Waals surface area contributed by atoms with Gasteiger partial charge in [0.15, 0.2) is 6.61 Å². The molecule has 0 aliphatic heterocycles. The lowest BCUT2D eigenvalue weighted by Crippen LogP contribution is -2.53. The van der Waals surface area contributed by atoms with Gasteiger partial charge in [0.05, 0.1) is 7.11 Å². The Balaban J connectivity index is 1.90. The zero-order valence-corrected chi connectivity index (χ0v) is 23.1. The van der Waals surface area contributed by atoms with Crippen LogP contribution < -0.4 is 14.8 Å². The number of ether oxygens (including phenoxy) is 2. The molecule has 0 unspecified atom stereocenters. The second-order valence-corrected chi connectivity index (χ2v) is 9.91. The normalized spacial score (nSPS) is 12.5. The number of amides is 2. The van der Waals surface area contributed by atoms with Crippen molar-refractivity contribution in [1.29, 1.82) is 0 Å². The first-order chi connectivity index (χ1) is 18.3. The summed E-state index contributed by atoms with van der Waals surface area (Å²) in [5.74, 6) is 1.28. The Bertz CT molecular complexity index is 1160. The van der Waals surface area contributed by atoms with E-state index < -0.39 is 6.04 Å². The third kappa shape index (κ3) is 8.37. The highest BCUT2D eigenvalue weighted by molar-refractivity contribution is 5.88. The fraction of sp³-hybridized carbons (Fsp3) is 0.375. The van der Waals surface area contributed by atoms with Crippen LogP contribution in [0.25, 0.3) is 0 Å². The van der Waals surface area contributed by atoms with Gasteiger partial charge < -0.3 is 19.7 Å². The first-order valence-corrected chi connectivity index (χ1v) is 13.3. The van der Waals surface area contributed by atoms with Crippen LogP contribution >= 0.6 is 0 Å². The fourth-order valence-electron chi connectivity index (χ4n) is 4.14. The van der Waals surface area contributed by atoms with Gasteiger partial charge in [0.1, 0.15) is 17.5 Å². The predicted molar refractivity (Wildman–Crippen MR) is 151 cm³/mol. The van der Waals surface area contributed by atoms with Crippen LogP contribution in [0.15, 0.2) is 78.9 Å². The molecular weight excluding hydrogens is 476 g/mol. The largest absolute Gasteiger partial charge is 0.497 e. The number of rotatable bonds is 13. The van der Waals surface area contributed by atoms with E-state index in [-0.39, 0.29) is 31.0 Å². The van der Waals surface area contributed by atoms with E-state index in [9.17, 15) is 9.59 Å². The molecule has 0 fully saturated rings. The van der Waals surface area contributed by atoms with Crippen molar-refractivity contribution in [3.05, 3.63) is 95.6 Å². The van der Waals surface area contributed by atoms with Crippen LogP contribution in [0, 0.1) is 0 Å². The molecule has 0 aliphatic rings. The molecule has 0 radical (unpaired) electrons. The van der Waals surface area contributed by atoms with Crippen molar-refractivity contribution in [2.45, 2.75) is 65.1 Å². The minimum Gasteiger partial charge on any atom is -0.497 e. The number of benzene rings is 3. The van der Waals surface area contributed by atoms with Crippen molar-refractivity contribution in [2.75, 3.05) is 13.7 Å². The Morgan fingerprint density at radius 3 is 2.18 bits per heavy atom. The third-order valence-electron chi connectivity index (χ3n) is 6.67. The fourth-order valence-corrected chi connectivity index (χ4v) is 4.14. The Kier molecular flexibility index (Phi) is 10.8. The second-order valence-electron chi connectivity index (χ2n) is 9.91. The summed E-state index contributed by atoms with van der Waals surface area (Å²) in [6.45, 7) is 8.33. The molecule has 0 saturated heterocycles. The lowest BCUT2D eigenvalue weighted by molar-refractivity contribution is -0.143. The van der Waals surface area contributed by atoms with Crippen LogP contribution in [0.1, 0.15) is 56.7 Å². The number of hydrogen-bond donors (Lipinski definition) is 1. The van der Waals surface area contributed by atoms with Crippen molar-refractivity contribution in [2.24, 2.45) is 0 Å². The molecule has 3 aromatic rings. The SMILES string of the molecule is CC[C@@H](C)NC(=O)[C@H](Cc1ccccc1)N(Cc1cccc(OC)c1)C(=O)COc1ccc(C(C)C)cc1. The van der Waals surface area contributed by atoms with Gasteiger partial charge in [-0.3, -0.25) is 9.59 Å². The maximum absolute atomic E-state index is 13.7. The lowest BCUT2D eigenvalue weighted by atomic mass is 10.0. The maximum atomic E-state index is 13.7. The van der Waals surface area contributed by atoms with E-state index in [1.165, 1.54) is 5.56 Å². The van der Waals surface area contributed by atoms with Gasteiger partial charge in [-0.15, -0.1) is 0 Å². The molecule has 2 amide bonds. The van der Waals surface area contributed by atoms with E-state index >= 15 is 0 Å². The summed E-state index contributed by atoms with van der Waals surface area (Å²) in [6.07, 6.45) is 1.19. The van der Waals surface area contributed by atoms with E-state index in [1.54, 1.807) is 12.0 Å². The summed E-state index contributed by atoms with van der Waals surface area (Å²) >= 11 is 0. The van der Waals surface area contributed by atoms with Crippen LogP contribution in [0.4, 0.5) is 0 Å². The van der Waals surface area contributed by atoms with Gasteiger partial charge in [-0.25, -0.2) is 0 Å². The summed E-state index contributed by atoms with van der Waals surface area (Å²) in [6, 6.07) is 24.4. The van der Waals surface area contributed by atoms with Crippen LogP contribution in [0.2, 0.25) is 0 Å². The van der Waals surface area contributed by atoms with E-state index in [2.05, 4.69) is 19.2 Å². The van der Waals surface area contributed by atoms with Gasteiger partial charge in [0.2, 0.25) is 5.91 Å². The number of methoxy groups -OCH3 is 1. The molecule has 3 aromatic carbocycles. The molecule has 3 rings (SSSR count). The van der Waals surface area contributed by atoms with Crippen LogP contribution in [-0.2, 0) is 22.6 Å². The molecular formula is C32H40N2O4. The van der Waals surface area contributed by atoms with Crippen molar-refractivity contribution in [3.8, 4) is 11.5 Å². The zero-order valence-electron chi connectivity index (χ0n) is 23.1. The number of nitrogens with zero attached hydrogens (tertiary/aromatic N) is 1. The van der Waals surface area contributed by atoms with Crippen molar-refractivity contribution < 1.29 is 19.1 Å². The Labute approximate surface area is 227 Å². The molecule has 6 nitrogen and oxygen atoms in total. The van der Waals surface area contributed by atoms with E-state index in [0.29, 0.717) is 23.8 Å². The molecule has 38 heavy (non-hydrogen) atoms. The molecule has 0 saturated carbocycles. The Hall–Kier alpha value is -3.80. The number of carbonyl (C=O) groups excluding carboxylic acids is 2. The predicted octanol–water partition coefficient (Wildman–Crippen LogP) is 5.75. The average molecular weight is 517 g/mol. The van der Waals surface area contributed by atoms with Gasteiger partial charge in [-0.05, 0) is 60.2 Å². The Morgan fingerprint density at radius 1 is 0.868 bits per heavy atom. The highest BCUT2D eigenvalue weighted by atomic mass is 16.5. The molecule has 0 aromatic heterocycles. The minimum absolute atomic E-state index is 0.00901. The van der Waals surface area contributed by atoms with Crippen LogP contribution in [-0.4, -0.2) is 42.5 Å². The standard InChI is InChI=1S/C32H40N2O4/c1-6-24(4)33-32(36)30(20-25-11-8-7-9-12-25)34(21-26-13-10-14-29(19-26)37-5)31(35)22-38-28-17-15-27(16-18-28)23(2)3/h7-19,23-24,30H,6,20-22H2,1-5H3,(H,33,36)/t24-,30+/m1/s1. The molecule has 6 heteroatoms. The van der Waals surface area contributed by atoms with Gasteiger partial charge in [0.25, 0.3) is 5.91 Å². The summed E-state index contributed by atoms with van der Waals surface area (Å²) in [4.78, 5) is 28.9. The quantitative estimate of drug-likeness (QED) is 0.314. The van der Waals surface area contributed by atoms with Crippen molar-refractivity contribution >= 4 is 11.8 Å². The molecule has 1 N–H and O–H groups in total. The van der Waals surface area contributed by atoms with Gasteiger partial charge >= 0.3 is 0 Å². The highest BCUT2D eigenvalue weighted by Gasteiger charge is 2.31. The molecule has 202 valence electrons. The molecule has 0 aliphatic carbocycles. The first-order valence-electron chi connectivity index (χ1n) is 13.3. The van der Waals surface area contributed by atoms with Gasteiger partial charge in [0, 0.05) is 19.0 Å². The molecule has 2 atom stereocenters. The van der Waals surface area contributed by atoms with Gasteiger partial charge in [-0.1, -0.05) is 75.4 Å². The summed E-state index contributed by atoms with van der Waals surface area (Å²) < 4.78 is 11.3. The van der Waals surface area contributed by atoms with Crippen LogP contribution in [0.3, 0.4) is 0 Å². The number of hydrogen-bond acceptors (Lipinski definition) is 4. The monoisotopic (exact) mass is 516 g/mol. The van der Waals surface area contributed by atoms with Crippen molar-refractivity contribution in [3.63, 3.8) is 0 Å². The smallest absolute Gasteiger partial charge is 0.261 e. The maximum Gasteiger partial charge on any atom is 0.261 e. The number of carbonyl (C=O) groups is 2. The molecule has 0 bridgehead atoms. The lowest BCUT2D eigenvalue weighted by Gasteiger charge is -2.32. The zero-order chi connectivity index (χ0) is 27.5. The summed E-state index contributed by atoms with van der Waals surface area (Å²) in [5.41, 5.74) is 3.05. The summed E-state index contributed by atoms with van der Waals surface area (Å²) in [5, 5.41) is 3.09. The minimum atomic E-state index is -0.711. The summed E-state index contributed by atoms with van der Waals surface area (Å²) in [7, 11) is 1.61. The van der Waals surface area contributed by atoms with E-state index in [4.69, 9.17) is 9.47 Å². The molecule has 0 spiro atoms. The molecule has 0 heterocycles. The van der Waals surface area contributed by atoms with Gasteiger partial charge in [-0.2, -0.15) is 0 Å². The Morgan fingerprint density at radius 2 is 1.55 bits per heavy atom. The second kappa shape index (κ2) is 14.2. The first kappa shape index (κ1) is 28.8. The van der Waals surface area contributed by atoms with E-state index in [1.807, 2.05) is 92.7 Å². The van der Waals surface area contributed by atoms with Crippen molar-refractivity contribution in [1.82, 2.24) is 10.2 Å². The van der Waals surface area contributed by atoms with Crippen LogP contribution in [0.5, 0.6) is 11.5 Å².